The maximum atomic E-state index is 13.1. The van der Waals surface area contributed by atoms with Crippen molar-refractivity contribution in [3.63, 3.8) is 0 Å². The molecule has 6 heteroatoms. The van der Waals surface area contributed by atoms with E-state index in [1.807, 2.05) is 55.5 Å². The number of rotatable bonds is 3. The molecule has 1 atom stereocenters. The van der Waals surface area contributed by atoms with Gasteiger partial charge in [-0.2, -0.15) is 0 Å². The Morgan fingerprint density at radius 1 is 1.21 bits per heavy atom. The smallest absolute Gasteiger partial charge is 0.237 e. The summed E-state index contributed by atoms with van der Waals surface area (Å²) in [5.41, 5.74) is 3.49. The molecule has 142 valence electrons. The summed E-state index contributed by atoms with van der Waals surface area (Å²) < 4.78 is 0. The number of hydrogen-bond acceptors (Lipinski definition) is 4. The molecule has 0 fully saturated rings. The molecular formula is C22H21N3O2S. The van der Waals surface area contributed by atoms with Gasteiger partial charge in [0.2, 0.25) is 11.8 Å². The number of hydrogen-bond donors (Lipinski definition) is 1. The average Bonchev–Trinajstić information content (AvgIpc) is 2.80. The Hall–Kier alpha value is -2.86. The summed E-state index contributed by atoms with van der Waals surface area (Å²) in [6.07, 6.45) is 0.276. The van der Waals surface area contributed by atoms with Gasteiger partial charge in [-0.1, -0.05) is 42.1 Å². The van der Waals surface area contributed by atoms with Crippen LogP contribution in [0.3, 0.4) is 0 Å². The normalized spacial score (nSPS) is 16.4. The zero-order valence-electron chi connectivity index (χ0n) is 15.8. The molecule has 5 nitrogen and oxygen atoms in total. The number of carbonyl (C=O) groups is 2. The number of pyridine rings is 1. The van der Waals surface area contributed by atoms with Crippen LogP contribution in [0.25, 0.3) is 10.9 Å². The Kier molecular flexibility index (Phi) is 5.05. The summed E-state index contributed by atoms with van der Waals surface area (Å²) in [5.74, 6) is 0.154. The average molecular weight is 391 g/mol. The van der Waals surface area contributed by atoms with Crippen molar-refractivity contribution in [1.82, 2.24) is 4.98 Å². The Labute approximate surface area is 168 Å². The summed E-state index contributed by atoms with van der Waals surface area (Å²) in [5, 5.41) is 4.84. The SMILES string of the molecule is Cc1cc(SCC(=O)N2c3ccccc3NC(=O)C[C@@H]2C)nc2ccccc12. The van der Waals surface area contributed by atoms with E-state index in [1.165, 1.54) is 11.8 Å². The van der Waals surface area contributed by atoms with E-state index < -0.39 is 0 Å². The van der Waals surface area contributed by atoms with Gasteiger partial charge in [-0.25, -0.2) is 4.98 Å². The lowest BCUT2D eigenvalue weighted by atomic mass is 10.1. The highest BCUT2D eigenvalue weighted by Gasteiger charge is 2.29. The number of para-hydroxylation sites is 3. The van der Waals surface area contributed by atoms with Crippen LogP contribution in [0.5, 0.6) is 0 Å². The van der Waals surface area contributed by atoms with Crippen LogP contribution in [0, 0.1) is 6.92 Å². The van der Waals surface area contributed by atoms with Crippen molar-refractivity contribution in [2.45, 2.75) is 31.3 Å². The van der Waals surface area contributed by atoms with Gasteiger partial charge in [0, 0.05) is 17.8 Å². The number of nitrogens with zero attached hydrogens (tertiary/aromatic N) is 2. The number of aromatic nitrogens is 1. The zero-order chi connectivity index (χ0) is 19.7. The number of nitrogens with one attached hydrogen (secondary N) is 1. The van der Waals surface area contributed by atoms with Crippen molar-refractivity contribution < 1.29 is 9.59 Å². The molecule has 0 saturated heterocycles. The van der Waals surface area contributed by atoms with Gasteiger partial charge in [-0.3, -0.25) is 9.59 Å². The first-order chi connectivity index (χ1) is 13.5. The first-order valence-electron chi connectivity index (χ1n) is 9.23. The molecule has 0 bridgehead atoms. The Balaban J connectivity index is 1.57. The highest BCUT2D eigenvalue weighted by atomic mass is 32.2. The first kappa shape index (κ1) is 18.5. The van der Waals surface area contributed by atoms with E-state index in [0.29, 0.717) is 5.69 Å². The van der Waals surface area contributed by atoms with Crippen molar-refractivity contribution in [1.29, 1.82) is 0 Å². The maximum absolute atomic E-state index is 13.1. The van der Waals surface area contributed by atoms with Gasteiger partial charge in [0.05, 0.1) is 27.7 Å². The van der Waals surface area contributed by atoms with Crippen molar-refractivity contribution in [3.05, 3.63) is 60.2 Å². The minimum atomic E-state index is -0.206. The van der Waals surface area contributed by atoms with E-state index in [2.05, 4.69) is 23.3 Å². The van der Waals surface area contributed by atoms with Crippen LogP contribution in [-0.4, -0.2) is 28.6 Å². The summed E-state index contributed by atoms with van der Waals surface area (Å²) in [6.45, 7) is 3.96. The molecule has 2 heterocycles. The minimum Gasteiger partial charge on any atom is -0.324 e. The van der Waals surface area contributed by atoms with Crippen LogP contribution in [0.15, 0.2) is 59.6 Å². The number of aryl methyl sites for hydroxylation is 1. The third kappa shape index (κ3) is 3.60. The number of benzene rings is 2. The molecule has 0 radical (unpaired) electrons. The van der Waals surface area contributed by atoms with Gasteiger partial charge in [0.1, 0.15) is 0 Å². The van der Waals surface area contributed by atoms with Gasteiger partial charge < -0.3 is 10.2 Å². The highest BCUT2D eigenvalue weighted by Crippen LogP contribution is 2.32. The monoisotopic (exact) mass is 391 g/mol. The molecule has 0 aliphatic carbocycles. The molecule has 0 spiro atoms. The lowest BCUT2D eigenvalue weighted by Crippen LogP contribution is -2.40. The van der Waals surface area contributed by atoms with Gasteiger partial charge >= 0.3 is 0 Å². The van der Waals surface area contributed by atoms with Gasteiger partial charge in [-0.05, 0) is 43.7 Å². The molecule has 2 amide bonds. The second-order valence-electron chi connectivity index (χ2n) is 6.97. The predicted octanol–water partition coefficient (Wildman–Crippen LogP) is 4.40. The van der Waals surface area contributed by atoms with Crippen molar-refractivity contribution in [2.24, 2.45) is 0 Å². The predicted molar refractivity (Wildman–Crippen MR) is 114 cm³/mol. The van der Waals surface area contributed by atoms with Crippen LogP contribution in [0.2, 0.25) is 0 Å². The van der Waals surface area contributed by atoms with E-state index in [4.69, 9.17) is 0 Å². The number of fused-ring (bicyclic) bond motifs is 2. The fourth-order valence-electron chi connectivity index (χ4n) is 3.57. The van der Waals surface area contributed by atoms with Crippen LogP contribution in [-0.2, 0) is 9.59 Å². The molecule has 0 saturated carbocycles. The van der Waals surface area contributed by atoms with Gasteiger partial charge in [0.25, 0.3) is 0 Å². The number of amides is 2. The number of thioether (sulfide) groups is 1. The molecule has 1 aliphatic heterocycles. The van der Waals surface area contributed by atoms with Gasteiger partial charge in [0.15, 0.2) is 0 Å². The summed E-state index contributed by atoms with van der Waals surface area (Å²) >= 11 is 1.43. The zero-order valence-corrected chi connectivity index (χ0v) is 16.6. The molecule has 3 aromatic rings. The Morgan fingerprint density at radius 3 is 2.82 bits per heavy atom. The summed E-state index contributed by atoms with van der Waals surface area (Å²) in [7, 11) is 0. The lowest BCUT2D eigenvalue weighted by molar-refractivity contribution is -0.117. The fourth-order valence-corrected chi connectivity index (χ4v) is 4.40. The Bertz CT molecular complexity index is 1070. The molecule has 2 aromatic carbocycles. The molecule has 4 rings (SSSR count). The van der Waals surface area contributed by atoms with Crippen LogP contribution in [0.1, 0.15) is 18.9 Å². The number of carbonyl (C=O) groups excluding carboxylic acids is 2. The largest absolute Gasteiger partial charge is 0.324 e. The topological polar surface area (TPSA) is 62.3 Å². The first-order valence-corrected chi connectivity index (χ1v) is 10.2. The fraction of sp³-hybridized carbons (Fsp3) is 0.227. The van der Waals surface area contributed by atoms with Crippen LogP contribution >= 0.6 is 11.8 Å². The lowest BCUT2D eigenvalue weighted by Gasteiger charge is -2.27. The number of anilines is 2. The maximum Gasteiger partial charge on any atom is 0.237 e. The third-order valence-electron chi connectivity index (χ3n) is 4.87. The van der Waals surface area contributed by atoms with E-state index in [-0.39, 0.29) is 30.0 Å². The second-order valence-corrected chi connectivity index (χ2v) is 7.96. The third-order valence-corrected chi connectivity index (χ3v) is 5.77. The summed E-state index contributed by atoms with van der Waals surface area (Å²) in [6, 6.07) is 17.3. The molecule has 28 heavy (non-hydrogen) atoms. The van der Waals surface area contributed by atoms with Crippen molar-refractivity contribution >= 4 is 45.9 Å². The molecule has 1 aromatic heterocycles. The van der Waals surface area contributed by atoms with E-state index in [9.17, 15) is 9.59 Å². The van der Waals surface area contributed by atoms with Gasteiger partial charge in [-0.15, -0.1) is 0 Å². The standard InChI is InChI=1S/C22H21N3O2S/c1-14-11-21(24-17-8-4-3-7-16(14)17)28-13-22(27)25-15(2)12-20(26)23-18-9-5-6-10-19(18)25/h3-11,15H,12-13H2,1-2H3,(H,23,26)/t15-/m0/s1. The van der Waals surface area contributed by atoms with Crippen LogP contribution in [0.4, 0.5) is 11.4 Å². The molecule has 0 unspecified atom stereocenters. The molecule has 1 aliphatic rings. The van der Waals surface area contributed by atoms with Crippen molar-refractivity contribution in [3.8, 4) is 0 Å². The summed E-state index contributed by atoms with van der Waals surface area (Å²) in [4.78, 5) is 31.6. The van der Waals surface area contributed by atoms with E-state index in [0.717, 1.165) is 27.2 Å². The highest BCUT2D eigenvalue weighted by molar-refractivity contribution is 7.99. The minimum absolute atomic E-state index is 0.0333. The van der Waals surface area contributed by atoms with E-state index in [1.54, 1.807) is 4.90 Å². The van der Waals surface area contributed by atoms with E-state index >= 15 is 0 Å². The quantitative estimate of drug-likeness (QED) is 0.672. The van der Waals surface area contributed by atoms with Crippen LogP contribution < -0.4 is 10.2 Å². The Morgan fingerprint density at radius 2 is 1.96 bits per heavy atom. The molecular weight excluding hydrogens is 370 g/mol. The van der Waals surface area contributed by atoms with Crippen molar-refractivity contribution in [2.75, 3.05) is 16.0 Å². The second kappa shape index (κ2) is 7.64. The molecule has 1 N–H and O–H groups in total.